The second kappa shape index (κ2) is 5.21. The summed E-state index contributed by atoms with van der Waals surface area (Å²) in [5.41, 5.74) is 1.41. The van der Waals surface area contributed by atoms with Gasteiger partial charge in [-0.25, -0.2) is 0 Å². The second-order valence-electron chi connectivity index (χ2n) is 6.38. The van der Waals surface area contributed by atoms with Crippen molar-refractivity contribution in [1.82, 2.24) is 4.90 Å². The Kier molecular flexibility index (Phi) is 3.31. The SMILES string of the molecule is O=[N+]([O-])c1ccc(N2C3CCCCC32N2CCOCC2)cc1. The number of hydrogen-bond acceptors (Lipinski definition) is 5. The molecule has 3 aliphatic rings. The molecule has 0 bridgehead atoms. The van der Waals surface area contributed by atoms with Gasteiger partial charge in [0.1, 0.15) is 5.66 Å². The highest BCUT2D eigenvalue weighted by Crippen LogP contribution is 2.55. The number of nitro benzene ring substituents is 1. The van der Waals surface area contributed by atoms with Crippen molar-refractivity contribution in [2.24, 2.45) is 0 Å². The minimum Gasteiger partial charge on any atom is -0.379 e. The zero-order chi connectivity index (χ0) is 15.2. The molecule has 2 atom stereocenters. The van der Waals surface area contributed by atoms with Gasteiger partial charge in [0.25, 0.3) is 5.69 Å². The molecule has 0 amide bonds. The lowest BCUT2D eigenvalue weighted by Gasteiger charge is -2.36. The van der Waals surface area contributed by atoms with E-state index in [0.717, 1.165) is 32.0 Å². The zero-order valence-electron chi connectivity index (χ0n) is 12.6. The molecule has 118 valence electrons. The number of morpholine rings is 1. The molecule has 4 rings (SSSR count). The summed E-state index contributed by atoms with van der Waals surface area (Å²) >= 11 is 0. The third-order valence-corrected chi connectivity index (χ3v) is 5.36. The van der Waals surface area contributed by atoms with Crippen molar-refractivity contribution in [1.29, 1.82) is 0 Å². The molecule has 2 heterocycles. The van der Waals surface area contributed by atoms with Gasteiger partial charge in [-0.15, -0.1) is 0 Å². The summed E-state index contributed by atoms with van der Waals surface area (Å²) in [4.78, 5) is 15.5. The van der Waals surface area contributed by atoms with E-state index in [-0.39, 0.29) is 16.3 Å². The number of ether oxygens (including phenoxy) is 1. The Morgan fingerprint density at radius 3 is 2.59 bits per heavy atom. The van der Waals surface area contributed by atoms with Crippen molar-refractivity contribution >= 4 is 11.4 Å². The largest absolute Gasteiger partial charge is 0.379 e. The fourth-order valence-electron chi connectivity index (χ4n) is 4.36. The summed E-state index contributed by atoms with van der Waals surface area (Å²) in [6.07, 6.45) is 4.95. The summed E-state index contributed by atoms with van der Waals surface area (Å²) in [5, 5.41) is 10.8. The van der Waals surface area contributed by atoms with Crippen molar-refractivity contribution in [3.63, 3.8) is 0 Å². The first kappa shape index (κ1) is 14.0. The van der Waals surface area contributed by atoms with Crippen LogP contribution in [0.4, 0.5) is 11.4 Å². The average molecular weight is 303 g/mol. The maximum absolute atomic E-state index is 10.8. The first-order valence-corrected chi connectivity index (χ1v) is 8.10. The lowest BCUT2D eigenvalue weighted by molar-refractivity contribution is -0.384. The molecule has 0 spiro atoms. The Bertz CT molecular complexity index is 571. The van der Waals surface area contributed by atoms with Crippen LogP contribution in [0, 0.1) is 10.1 Å². The fourth-order valence-corrected chi connectivity index (χ4v) is 4.36. The Labute approximate surface area is 129 Å². The van der Waals surface area contributed by atoms with Gasteiger partial charge in [0, 0.05) is 30.9 Å². The number of non-ortho nitro benzene ring substituents is 1. The van der Waals surface area contributed by atoms with Gasteiger partial charge in [0.2, 0.25) is 0 Å². The summed E-state index contributed by atoms with van der Waals surface area (Å²) in [7, 11) is 0. The Morgan fingerprint density at radius 1 is 1.18 bits per heavy atom. The van der Waals surface area contributed by atoms with Crippen molar-refractivity contribution in [2.75, 3.05) is 31.2 Å². The van der Waals surface area contributed by atoms with Gasteiger partial charge in [0.15, 0.2) is 0 Å². The molecule has 3 fully saturated rings. The minimum atomic E-state index is -0.337. The average Bonchev–Trinajstić information content (AvgIpc) is 3.26. The molecule has 1 aliphatic carbocycles. The molecule has 1 aromatic carbocycles. The number of anilines is 1. The Morgan fingerprint density at radius 2 is 1.91 bits per heavy atom. The van der Waals surface area contributed by atoms with E-state index in [4.69, 9.17) is 4.74 Å². The van der Waals surface area contributed by atoms with Gasteiger partial charge in [-0.3, -0.25) is 15.0 Å². The monoisotopic (exact) mass is 303 g/mol. The summed E-state index contributed by atoms with van der Waals surface area (Å²) in [6.45, 7) is 3.59. The normalized spacial score (nSPS) is 31.6. The van der Waals surface area contributed by atoms with Crippen LogP contribution in [0.5, 0.6) is 0 Å². The molecular formula is C16H21N3O3. The molecule has 6 nitrogen and oxygen atoms in total. The van der Waals surface area contributed by atoms with Crippen molar-refractivity contribution in [3.05, 3.63) is 34.4 Å². The molecule has 1 aromatic rings. The second-order valence-corrected chi connectivity index (χ2v) is 6.38. The molecule has 2 saturated heterocycles. The van der Waals surface area contributed by atoms with Gasteiger partial charge < -0.3 is 9.64 Å². The number of benzene rings is 1. The smallest absolute Gasteiger partial charge is 0.269 e. The van der Waals surface area contributed by atoms with E-state index in [2.05, 4.69) is 9.80 Å². The van der Waals surface area contributed by atoms with Crippen LogP contribution in [0.3, 0.4) is 0 Å². The molecule has 2 unspecified atom stereocenters. The number of rotatable bonds is 3. The predicted molar refractivity (Wildman–Crippen MR) is 83.0 cm³/mol. The van der Waals surface area contributed by atoms with Crippen LogP contribution in [0.25, 0.3) is 0 Å². The topological polar surface area (TPSA) is 58.6 Å². The van der Waals surface area contributed by atoms with Crippen molar-refractivity contribution in [2.45, 2.75) is 37.4 Å². The Hall–Kier alpha value is -1.66. The van der Waals surface area contributed by atoms with Crippen LogP contribution in [0.2, 0.25) is 0 Å². The predicted octanol–water partition coefficient (Wildman–Crippen LogP) is 2.39. The highest BCUT2D eigenvalue weighted by molar-refractivity contribution is 5.62. The van der Waals surface area contributed by atoms with Crippen LogP contribution in [0.1, 0.15) is 25.7 Å². The van der Waals surface area contributed by atoms with E-state index in [0.29, 0.717) is 6.04 Å². The molecule has 0 radical (unpaired) electrons. The maximum Gasteiger partial charge on any atom is 0.269 e. The van der Waals surface area contributed by atoms with E-state index in [1.54, 1.807) is 12.1 Å². The van der Waals surface area contributed by atoms with Gasteiger partial charge in [-0.05, 0) is 31.4 Å². The molecule has 0 N–H and O–H groups in total. The minimum absolute atomic E-state index is 0.137. The van der Waals surface area contributed by atoms with E-state index >= 15 is 0 Å². The molecule has 22 heavy (non-hydrogen) atoms. The van der Waals surface area contributed by atoms with Crippen LogP contribution in [0.15, 0.2) is 24.3 Å². The highest BCUT2D eigenvalue weighted by atomic mass is 16.6. The van der Waals surface area contributed by atoms with Gasteiger partial charge in [-0.2, -0.15) is 0 Å². The third kappa shape index (κ3) is 2.01. The number of nitrogens with zero attached hydrogens (tertiary/aromatic N) is 3. The van der Waals surface area contributed by atoms with Crippen LogP contribution >= 0.6 is 0 Å². The molecule has 6 heteroatoms. The number of fused-ring (bicyclic) bond motifs is 1. The molecule has 1 saturated carbocycles. The van der Waals surface area contributed by atoms with Crippen LogP contribution < -0.4 is 4.90 Å². The van der Waals surface area contributed by atoms with Crippen molar-refractivity contribution < 1.29 is 9.66 Å². The zero-order valence-corrected chi connectivity index (χ0v) is 12.6. The standard InChI is InChI=1S/C16H21N3O3/c20-19(21)14-6-4-13(5-7-14)18-15-3-1-2-8-16(15,18)17-9-11-22-12-10-17/h4-7,15H,1-3,8-12H2. The quantitative estimate of drug-likeness (QED) is 0.487. The van der Waals surface area contributed by atoms with E-state index in [1.807, 2.05) is 12.1 Å². The van der Waals surface area contributed by atoms with E-state index in [9.17, 15) is 10.1 Å². The lowest BCUT2D eigenvalue weighted by Crippen LogP contribution is -2.49. The van der Waals surface area contributed by atoms with Gasteiger partial charge in [0.05, 0.1) is 24.2 Å². The molecule has 2 aliphatic heterocycles. The third-order valence-electron chi connectivity index (χ3n) is 5.36. The van der Waals surface area contributed by atoms with Gasteiger partial charge in [-0.1, -0.05) is 6.42 Å². The molecule has 0 aromatic heterocycles. The van der Waals surface area contributed by atoms with Gasteiger partial charge >= 0.3 is 0 Å². The summed E-state index contributed by atoms with van der Waals surface area (Å²) in [5.74, 6) is 0. The van der Waals surface area contributed by atoms with Crippen LogP contribution in [-0.2, 0) is 4.74 Å². The Balaban J connectivity index is 1.61. The first-order valence-electron chi connectivity index (χ1n) is 8.10. The fraction of sp³-hybridized carbons (Fsp3) is 0.625. The first-order chi connectivity index (χ1) is 10.7. The van der Waals surface area contributed by atoms with Crippen molar-refractivity contribution in [3.8, 4) is 0 Å². The lowest BCUT2D eigenvalue weighted by atomic mass is 9.94. The van der Waals surface area contributed by atoms with Crippen LogP contribution in [-0.4, -0.2) is 47.8 Å². The number of nitro groups is 1. The number of hydrogen-bond donors (Lipinski definition) is 0. The summed E-state index contributed by atoms with van der Waals surface area (Å²) < 4.78 is 5.50. The van der Waals surface area contributed by atoms with E-state index < -0.39 is 0 Å². The summed E-state index contributed by atoms with van der Waals surface area (Å²) in [6, 6.07) is 7.59. The maximum atomic E-state index is 10.8. The highest BCUT2D eigenvalue weighted by Gasteiger charge is 2.66. The molecular weight excluding hydrogens is 282 g/mol. The van der Waals surface area contributed by atoms with E-state index in [1.165, 1.54) is 25.7 Å².